The van der Waals surface area contributed by atoms with Crippen LogP contribution in [0.2, 0.25) is 0 Å². The van der Waals surface area contributed by atoms with E-state index in [9.17, 15) is 8.78 Å². The monoisotopic (exact) mass is 477 g/mol. The third kappa shape index (κ3) is 4.23. The van der Waals surface area contributed by atoms with E-state index in [1.807, 2.05) is 30.6 Å². The van der Waals surface area contributed by atoms with Gasteiger partial charge in [-0.25, -0.2) is 23.3 Å². The number of benzene rings is 1. The van der Waals surface area contributed by atoms with E-state index in [-0.39, 0.29) is 5.69 Å². The molecule has 0 N–H and O–H groups in total. The van der Waals surface area contributed by atoms with Crippen LogP contribution in [0.5, 0.6) is 0 Å². The third-order valence-corrected chi connectivity index (χ3v) is 7.48. The molecule has 3 aromatic heterocycles. The Kier molecular flexibility index (Phi) is 5.82. The Hall–Kier alpha value is -3.17. The smallest absolute Gasteiger partial charge is 0.280 e. The average molecular weight is 478 g/mol. The van der Waals surface area contributed by atoms with Gasteiger partial charge in [-0.3, -0.25) is 4.90 Å². The molecule has 35 heavy (non-hydrogen) atoms. The van der Waals surface area contributed by atoms with E-state index in [1.165, 1.54) is 6.07 Å². The molecule has 2 aliphatic rings. The number of nitrogens with zero attached hydrogens (tertiary/aromatic N) is 7. The summed E-state index contributed by atoms with van der Waals surface area (Å²) in [6, 6.07) is 9.46. The molecule has 0 bridgehead atoms. The maximum atomic E-state index is 13.5. The van der Waals surface area contributed by atoms with Gasteiger partial charge in [0.2, 0.25) is 0 Å². The van der Waals surface area contributed by atoms with Gasteiger partial charge in [0.25, 0.3) is 6.43 Å². The van der Waals surface area contributed by atoms with Gasteiger partial charge in [0.05, 0.1) is 29.8 Å². The zero-order chi connectivity index (χ0) is 23.9. The second kappa shape index (κ2) is 9.13. The van der Waals surface area contributed by atoms with Gasteiger partial charge in [0, 0.05) is 56.3 Å². The molecule has 0 amide bonds. The number of likely N-dealkylation sites (N-methyl/N-ethyl adjacent to an activating group) is 1. The Bertz CT molecular complexity index is 1340. The minimum atomic E-state index is -2.64. The number of piperazine rings is 1. The quantitative estimate of drug-likeness (QED) is 0.441. The van der Waals surface area contributed by atoms with Crippen molar-refractivity contribution in [2.24, 2.45) is 0 Å². The summed E-state index contributed by atoms with van der Waals surface area (Å²) in [4.78, 5) is 16.3. The number of fused-ring (bicyclic) bond motifs is 2. The topological polar surface area (TPSA) is 52.8 Å². The largest absolute Gasteiger partial charge is 0.369 e. The Morgan fingerprint density at radius 2 is 1.71 bits per heavy atom. The highest BCUT2D eigenvalue weighted by molar-refractivity contribution is 5.98. The van der Waals surface area contributed by atoms with Gasteiger partial charge in [-0.2, -0.15) is 5.10 Å². The number of piperidine rings is 1. The van der Waals surface area contributed by atoms with Crippen molar-refractivity contribution in [2.75, 3.05) is 51.2 Å². The summed E-state index contributed by atoms with van der Waals surface area (Å²) in [5, 5.41) is 5.34. The number of anilines is 1. The zero-order valence-electron chi connectivity index (χ0n) is 19.8. The number of aromatic nitrogens is 4. The molecule has 0 aliphatic carbocycles. The first-order valence-electron chi connectivity index (χ1n) is 12.3. The van der Waals surface area contributed by atoms with Crippen LogP contribution in [0.4, 0.5) is 14.5 Å². The van der Waals surface area contributed by atoms with Crippen molar-refractivity contribution in [2.45, 2.75) is 25.3 Å². The molecule has 5 heterocycles. The normalized spacial score (nSPS) is 18.8. The lowest BCUT2D eigenvalue weighted by Crippen LogP contribution is -2.52. The summed E-state index contributed by atoms with van der Waals surface area (Å²) in [6.07, 6.45) is 5.24. The van der Waals surface area contributed by atoms with Crippen molar-refractivity contribution in [1.29, 1.82) is 0 Å². The molecule has 0 spiro atoms. The zero-order valence-corrected chi connectivity index (χ0v) is 19.8. The molecule has 0 saturated carbocycles. The summed E-state index contributed by atoms with van der Waals surface area (Å²) in [7, 11) is 2.19. The maximum absolute atomic E-state index is 13.5. The van der Waals surface area contributed by atoms with Crippen molar-refractivity contribution in [3.8, 4) is 11.1 Å². The summed E-state index contributed by atoms with van der Waals surface area (Å²) >= 11 is 0. The van der Waals surface area contributed by atoms with Crippen LogP contribution in [0.25, 0.3) is 27.7 Å². The van der Waals surface area contributed by atoms with E-state index in [0.717, 1.165) is 68.7 Å². The van der Waals surface area contributed by atoms with Gasteiger partial charge in [-0.05, 0) is 37.6 Å². The molecule has 2 fully saturated rings. The number of pyridine rings is 1. The van der Waals surface area contributed by atoms with E-state index in [4.69, 9.17) is 4.98 Å². The summed E-state index contributed by atoms with van der Waals surface area (Å²) in [5.74, 6) is 0. The standard InChI is InChI=1S/C26H29F2N7/c1-32-10-12-34(13-11-32)18-6-8-33(9-7-18)19-15-29-26-22(16-30-35(26)17-19)21-14-24(25(27)28)31-23-5-3-2-4-20(21)23/h2-5,14-18,25H,6-13H2,1H3. The highest BCUT2D eigenvalue weighted by Crippen LogP contribution is 2.34. The number of hydrogen-bond donors (Lipinski definition) is 0. The predicted octanol–water partition coefficient (Wildman–Crippen LogP) is 4.10. The van der Waals surface area contributed by atoms with Gasteiger partial charge in [0.15, 0.2) is 5.65 Å². The lowest BCUT2D eigenvalue weighted by atomic mass is 10.0. The highest BCUT2D eigenvalue weighted by atomic mass is 19.3. The molecule has 0 atom stereocenters. The van der Waals surface area contributed by atoms with E-state index in [2.05, 4.69) is 31.8 Å². The van der Waals surface area contributed by atoms with Gasteiger partial charge >= 0.3 is 0 Å². The molecular formula is C26H29F2N7. The molecule has 2 aliphatic heterocycles. The molecule has 0 radical (unpaired) electrons. The van der Waals surface area contributed by atoms with E-state index >= 15 is 0 Å². The predicted molar refractivity (Wildman–Crippen MR) is 133 cm³/mol. The van der Waals surface area contributed by atoms with Gasteiger partial charge < -0.3 is 9.80 Å². The van der Waals surface area contributed by atoms with Crippen molar-refractivity contribution < 1.29 is 8.78 Å². The number of para-hydroxylation sites is 1. The van der Waals surface area contributed by atoms with Crippen LogP contribution in [-0.2, 0) is 0 Å². The molecular weight excluding hydrogens is 448 g/mol. The van der Waals surface area contributed by atoms with Gasteiger partial charge in [-0.15, -0.1) is 0 Å². The van der Waals surface area contributed by atoms with Gasteiger partial charge in [0.1, 0.15) is 5.69 Å². The van der Waals surface area contributed by atoms with Crippen molar-refractivity contribution in [3.05, 3.63) is 54.6 Å². The van der Waals surface area contributed by atoms with Crippen LogP contribution in [0.15, 0.2) is 48.9 Å². The highest BCUT2D eigenvalue weighted by Gasteiger charge is 2.27. The van der Waals surface area contributed by atoms with Crippen molar-refractivity contribution in [3.63, 3.8) is 0 Å². The van der Waals surface area contributed by atoms with Crippen LogP contribution in [0, 0.1) is 0 Å². The number of hydrogen-bond acceptors (Lipinski definition) is 6. The number of alkyl halides is 2. The fraction of sp³-hybridized carbons (Fsp3) is 0.423. The molecule has 182 valence electrons. The van der Waals surface area contributed by atoms with E-state index in [1.54, 1.807) is 16.8 Å². The molecule has 0 unspecified atom stereocenters. The summed E-state index contributed by atoms with van der Waals surface area (Å²) < 4.78 is 28.8. The fourth-order valence-electron chi connectivity index (χ4n) is 5.42. The van der Waals surface area contributed by atoms with Crippen molar-refractivity contribution >= 4 is 22.2 Å². The lowest BCUT2D eigenvalue weighted by Gasteiger charge is -2.42. The first kappa shape index (κ1) is 22.3. The van der Waals surface area contributed by atoms with Crippen molar-refractivity contribution in [1.82, 2.24) is 29.4 Å². The molecule has 7 nitrogen and oxygen atoms in total. The molecule has 1 aromatic carbocycles. The minimum absolute atomic E-state index is 0.238. The van der Waals surface area contributed by atoms with Crippen LogP contribution in [0.1, 0.15) is 25.0 Å². The SMILES string of the molecule is CN1CCN(C2CCN(c3cnc4c(-c5cc(C(F)F)nc6ccccc56)cnn4c3)CC2)CC1. The molecule has 2 saturated heterocycles. The van der Waals surface area contributed by atoms with Crippen LogP contribution in [0.3, 0.4) is 0 Å². The minimum Gasteiger partial charge on any atom is -0.369 e. The Morgan fingerprint density at radius 1 is 0.943 bits per heavy atom. The summed E-state index contributed by atoms with van der Waals surface area (Å²) in [5.41, 5.74) is 3.40. The van der Waals surface area contributed by atoms with Gasteiger partial charge in [-0.1, -0.05) is 18.2 Å². The van der Waals surface area contributed by atoms with E-state index in [0.29, 0.717) is 22.8 Å². The number of rotatable bonds is 4. The van der Waals surface area contributed by atoms with Crippen LogP contribution >= 0.6 is 0 Å². The first-order valence-corrected chi connectivity index (χ1v) is 12.3. The Labute approximate surface area is 203 Å². The average Bonchev–Trinajstić information content (AvgIpc) is 3.32. The van der Waals surface area contributed by atoms with E-state index < -0.39 is 6.43 Å². The molecule has 6 rings (SSSR count). The Balaban J connectivity index is 1.26. The Morgan fingerprint density at radius 3 is 2.49 bits per heavy atom. The lowest BCUT2D eigenvalue weighted by molar-refractivity contribution is 0.0982. The molecule has 9 heteroatoms. The summed E-state index contributed by atoms with van der Waals surface area (Å²) in [6.45, 7) is 6.58. The van der Waals surface area contributed by atoms with Crippen LogP contribution in [-0.4, -0.2) is 81.7 Å². The third-order valence-electron chi connectivity index (χ3n) is 7.48. The number of halogens is 2. The maximum Gasteiger partial charge on any atom is 0.280 e. The van der Waals surface area contributed by atoms with Crippen LogP contribution < -0.4 is 4.90 Å². The molecule has 4 aromatic rings. The fourth-order valence-corrected chi connectivity index (χ4v) is 5.42. The second-order valence-corrected chi connectivity index (χ2v) is 9.61. The second-order valence-electron chi connectivity index (χ2n) is 9.61. The first-order chi connectivity index (χ1) is 17.1.